The predicted molar refractivity (Wildman–Crippen MR) is 125 cm³/mol. The van der Waals surface area contributed by atoms with Crippen molar-refractivity contribution < 1.29 is 39.1 Å². The summed E-state index contributed by atoms with van der Waals surface area (Å²) in [7, 11) is 4.46. The molecule has 1 saturated carbocycles. The number of carboxylic acid groups (broad SMARTS) is 1. The normalized spacial score (nSPS) is 28.5. The molecule has 5 atom stereocenters. The number of carboxylic acids is 1. The number of hydrogen-bond acceptors (Lipinski definition) is 7. The molecule has 0 unspecified atom stereocenters. The average Bonchev–Trinajstić information content (AvgIpc) is 3.26. The van der Waals surface area contributed by atoms with Gasteiger partial charge in [-0.15, -0.1) is 0 Å². The Morgan fingerprint density at radius 2 is 1.57 bits per heavy atom. The van der Waals surface area contributed by atoms with Crippen LogP contribution in [-0.2, 0) is 16.0 Å². The first kappa shape index (κ1) is 23.0. The number of benzene rings is 3. The second-order valence-corrected chi connectivity index (χ2v) is 8.73. The number of aliphatic hydroxyl groups excluding tert-OH is 1. The maximum absolute atomic E-state index is 12.6. The Balaban J connectivity index is 1.88. The zero-order valence-electron chi connectivity index (χ0n) is 19.5. The molecule has 8 heteroatoms. The van der Waals surface area contributed by atoms with Crippen LogP contribution in [0.15, 0.2) is 66.7 Å². The van der Waals surface area contributed by atoms with E-state index in [4.69, 9.17) is 18.9 Å². The Kier molecular flexibility index (Phi) is 5.38. The van der Waals surface area contributed by atoms with Crippen molar-refractivity contribution in [1.82, 2.24) is 0 Å². The Bertz CT molecular complexity index is 1260. The molecule has 2 aliphatic rings. The van der Waals surface area contributed by atoms with Crippen molar-refractivity contribution in [2.24, 2.45) is 5.92 Å². The lowest BCUT2D eigenvalue weighted by atomic mass is 9.70. The lowest BCUT2D eigenvalue weighted by molar-refractivity contribution is -0.159. The van der Waals surface area contributed by atoms with E-state index in [9.17, 15) is 20.1 Å². The van der Waals surface area contributed by atoms with Gasteiger partial charge in [-0.25, -0.2) is 0 Å². The zero-order valence-corrected chi connectivity index (χ0v) is 19.5. The van der Waals surface area contributed by atoms with Gasteiger partial charge in [-0.05, 0) is 23.3 Å². The number of methoxy groups -OCH3 is 3. The number of ether oxygens (including phenoxy) is 4. The molecule has 0 amide bonds. The minimum atomic E-state index is -2.17. The Hall–Kier alpha value is -3.75. The number of aliphatic hydroxyl groups is 2. The number of fused-ring (bicyclic) bond motifs is 3. The van der Waals surface area contributed by atoms with Crippen LogP contribution >= 0.6 is 0 Å². The molecule has 5 rings (SSSR count). The molecule has 1 fully saturated rings. The monoisotopic (exact) mass is 478 g/mol. The van der Waals surface area contributed by atoms with Crippen LogP contribution in [0.1, 0.15) is 22.6 Å². The molecule has 3 N–H and O–H groups in total. The van der Waals surface area contributed by atoms with Gasteiger partial charge in [0.25, 0.3) is 0 Å². The SMILES string of the molecule is COc1ccc([C@@]23Oc4cc(OC)cc(OC)c4[C@]2(O)[C@H](O)[C@@H](C(=O)O)[C@H]3c2ccccc2)cc1. The van der Waals surface area contributed by atoms with Crippen LogP contribution in [0, 0.1) is 5.92 Å². The van der Waals surface area contributed by atoms with Crippen molar-refractivity contribution in [1.29, 1.82) is 0 Å². The molecule has 0 radical (unpaired) electrons. The summed E-state index contributed by atoms with van der Waals surface area (Å²) in [5.74, 6) is -2.14. The van der Waals surface area contributed by atoms with Crippen molar-refractivity contribution in [3.8, 4) is 23.0 Å². The lowest BCUT2D eigenvalue weighted by Crippen LogP contribution is -2.52. The summed E-state index contributed by atoms with van der Waals surface area (Å²) in [4.78, 5) is 12.6. The molecule has 3 aromatic rings. The van der Waals surface area contributed by atoms with Gasteiger partial charge in [0.05, 0.1) is 32.8 Å². The fraction of sp³-hybridized carbons (Fsp3) is 0.296. The quantitative estimate of drug-likeness (QED) is 0.495. The van der Waals surface area contributed by atoms with E-state index in [1.54, 1.807) is 60.7 Å². The number of rotatable bonds is 6. The molecule has 1 aliphatic heterocycles. The Morgan fingerprint density at radius 1 is 0.914 bits per heavy atom. The zero-order chi connectivity index (χ0) is 25.0. The van der Waals surface area contributed by atoms with Gasteiger partial charge in [-0.1, -0.05) is 42.5 Å². The number of carbonyl (C=O) groups is 1. The van der Waals surface area contributed by atoms with Gasteiger partial charge in [0.2, 0.25) is 0 Å². The fourth-order valence-electron chi connectivity index (χ4n) is 5.78. The standard InChI is InChI=1S/C27H26O8/c1-32-17-11-9-16(10-12-17)27-22(15-7-5-4-6-8-15)21(25(29)30)24(28)26(27,31)23-19(34-3)13-18(33-2)14-20(23)35-27/h4-14,21-22,24,28,31H,1-3H3,(H,29,30)/t21-,22+,24+,26-,27-/m0/s1. The molecule has 0 saturated heterocycles. The maximum Gasteiger partial charge on any atom is 0.310 e. The summed E-state index contributed by atoms with van der Waals surface area (Å²) < 4.78 is 22.9. The van der Waals surface area contributed by atoms with Crippen molar-refractivity contribution in [2.75, 3.05) is 21.3 Å². The van der Waals surface area contributed by atoms with E-state index in [2.05, 4.69) is 0 Å². The summed E-state index contributed by atoms with van der Waals surface area (Å²) in [5, 5.41) is 34.4. The molecule has 1 aliphatic carbocycles. The summed E-state index contributed by atoms with van der Waals surface area (Å²) in [6.07, 6.45) is -1.73. The highest BCUT2D eigenvalue weighted by Crippen LogP contribution is 2.70. The van der Waals surface area contributed by atoms with Crippen molar-refractivity contribution in [2.45, 2.75) is 23.2 Å². The van der Waals surface area contributed by atoms with Crippen molar-refractivity contribution in [3.05, 3.63) is 83.4 Å². The first-order chi connectivity index (χ1) is 16.8. The molecule has 0 bridgehead atoms. The first-order valence-electron chi connectivity index (χ1n) is 11.1. The highest BCUT2D eigenvalue weighted by molar-refractivity contribution is 5.77. The van der Waals surface area contributed by atoms with Gasteiger partial charge >= 0.3 is 5.97 Å². The number of aliphatic carboxylic acids is 1. The van der Waals surface area contributed by atoms with E-state index >= 15 is 0 Å². The second-order valence-electron chi connectivity index (χ2n) is 8.73. The van der Waals surface area contributed by atoms with Crippen LogP contribution in [-0.4, -0.2) is 48.7 Å². The minimum absolute atomic E-state index is 0.175. The van der Waals surface area contributed by atoms with Crippen LogP contribution in [0.3, 0.4) is 0 Å². The first-order valence-corrected chi connectivity index (χ1v) is 11.1. The van der Waals surface area contributed by atoms with Crippen molar-refractivity contribution in [3.63, 3.8) is 0 Å². The number of hydrogen-bond donors (Lipinski definition) is 3. The fourth-order valence-corrected chi connectivity index (χ4v) is 5.78. The predicted octanol–water partition coefficient (Wildman–Crippen LogP) is 3.05. The third-order valence-corrected chi connectivity index (χ3v) is 7.24. The molecule has 8 nitrogen and oxygen atoms in total. The van der Waals surface area contributed by atoms with Crippen LogP contribution < -0.4 is 18.9 Å². The lowest BCUT2D eigenvalue weighted by Gasteiger charge is -2.40. The molecule has 0 aromatic heterocycles. The molecular formula is C27H26O8. The summed E-state index contributed by atoms with van der Waals surface area (Å²) in [6.45, 7) is 0. The summed E-state index contributed by atoms with van der Waals surface area (Å²) >= 11 is 0. The topological polar surface area (TPSA) is 115 Å². The van der Waals surface area contributed by atoms with E-state index in [0.717, 1.165) is 0 Å². The largest absolute Gasteiger partial charge is 0.497 e. The smallest absolute Gasteiger partial charge is 0.310 e. The van der Waals surface area contributed by atoms with E-state index in [1.165, 1.54) is 21.3 Å². The summed E-state index contributed by atoms with van der Waals surface area (Å²) in [5.41, 5.74) is -2.61. The Morgan fingerprint density at radius 3 is 2.14 bits per heavy atom. The van der Waals surface area contributed by atoms with Crippen LogP contribution in [0.5, 0.6) is 23.0 Å². The minimum Gasteiger partial charge on any atom is -0.497 e. The maximum atomic E-state index is 12.6. The van der Waals surface area contributed by atoms with Gasteiger partial charge in [-0.2, -0.15) is 0 Å². The molecule has 3 aromatic carbocycles. The Labute approximate surface area is 202 Å². The third kappa shape index (κ3) is 2.96. The van der Waals surface area contributed by atoms with Crippen LogP contribution in [0.25, 0.3) is 0 Å². The molecule has 182 valence electrons. The van der Waals surface area contributed by atoms with Gasteiger partial charge in [0.15, 0.2) is 11.2 Å². The van der Waals surface area contributed by atoms with Gasteiger partial charge < -0.3 is 34.3 Å². The molecule has 1 heterocycles. The van der Waals surface area contributed by atoms with Gasteiger partial charge in [-0.3, -0.25) is 4.79 Å². The van der Waals surface area contributed by atoms with Gasteiger partial charge in [0.1, 0.15) is 29.1 Å². The molecular weight excluding hydrogens is 452 g/mol. The van der Waals surface area contributed by atoms with Crippen LogP contribution in [0.4, 0.5) is 0 Å². The molecule has 0 spiro atoms. The van der Waals surface area contributed by atoms with E-state index < -0.39 is 35.1 Å². The second kappa shape index (κ2) is 8.18. The highest BCUT2D eigenvalue weighted by atomic mass is 16.5. The van der Waals surface area contributed by atoms with E-state index in [-0.39, 0.29) is 17.1 Å². The van der Waals surface area contributed by atoms with Crippen LogP contribution in [0.2, 0.25) is 0 Å². The van der Waals surface area contributed by atoms with E-state index in [0.29, 0.717) is 22.6 Å². The third-order valence-electron chi connectivity index (χ3n) is 7.24. The molecule has 35 heavy (non-hydrogen) atoms. The summed E-state index contributed by atoms with van der Waals surface area (Å²) in [6, 6.07) is 18.9. The van der Waals surface area contributed by atoms with E-state index in [1.807, 2.05) is 6.07 Å². The van der Waals surface area contributed by atoms with Crippen molar-refractivity contribution >= 4 is 5.97 Å². The average molecular weight is 478 g/mol. The van der Waals surface area contributed by atoms with Gasteiger partial charge in [0, 0.05) is 18.1 Å². The highest BCUT2D eigenvalue weighted by Gasteiger charge is 2.78.